The lowest BCUT2D eigenvalue weighted by molar-refractivity contribution is 0.616. The van der Waals surface area contributed by atoms with Gasteiger partial charge in [0.25, 0.3) is 0 Å². The minimum Gasteiger partial charge on any atom is -0.380 e. The SMILES string of the molecule is CCC(CC)Nc1cccc(Cl)c1F. The Hall–Kier alpha value is -0.760. The van der Waals surface area contributed by atoms with Gasteiger partial charge >= 0.3 is 0 Å². The van der Waals surface area contributed by atoms with Crippen LogP contribution in [0.25, 0.3) is 0 Å². The third-order valence-corrected chi connectivity index (χ3v) is 2.59. The molecule has 0 heterocycles. The summed E-state index contributed by atoms with van der Waals surface area (Å²) in [6.45, 7) is 4.15. The summed E-state index contributed by atoms with van der Waals surface area (Å²) >= 11 is 5.67. The Bertz CT molecular complexity index is 297. The lowest BCUT2D eigenvalue weighted by atomic mass is 10.1. The zero-order valence-corrected chi connectivity index (χ0v) is 9.24. The summed E-state index contributed by atoms with van der Waals surface area (Å²) in [4.78, 5) is 0. The quantitative estimate of drug-likeness (QED) is 0.798. The van der Waals surface area contributed by atoms with E-state index in [0.29, 0.717) is 11.7 Å². The summed E-state index contributed by atoms with van der Waals surface area (Å²) in [7, 11) is 0. The summed E-state index contributed by atoms with van der Waals surface area (Å²) < 4.78 is 13.4. The Labute approximate surface area is 89.3 Å². The van der Waals surface area contributed by atoms with Crippen molar-refractivity contribution in [2.24, 2.45) is 0 Å². The molecule has 0 unspecified atom stereocenters. The van der Waals surface area contributed by atoms with Gasteiger partial charge in [0.1, 0.15) is 0 Å². The summed E-state index contributed by atoms with van der Waals surface area (Å²) in [5.41, 5.74) is 0.492. The number of benzene rings is 1. The molecule has 3 heteroatoms. The molecule has 1 N–H and O–H groups in total. The lowest BCUT2D eigenvalue weighted by Crippen LogP contribution is -2.17. The van der Waals surface area contributed by atoms with E-state index in [1.807, 2.05) is 0 Å². The van der Waals surface area contributed by atoms with E-state index in [0.717, 1.165) is 12.8 Å². The van der Waals surface area contributed by atoms with E-state index in [9.17, 15) is 4.39 Å². The largest absolute Gasteiger partial charge is 0.380 e. The Morgan fingerprint density at radius 3 is 2.57 bits per heavy atom. The van der Waals surface area contributed by atoms with Crippen molar-refractivity contribution >= 4 is 17.3 Å². The monoisotopic (exact) mass is 215 g/mol. The van der Waals surface area contributed by atoms with Gasteiger partial charge in [-0.2, -0.15) is 0 Å². The molecule has 0 fully saturated rings. The molecule has 1 aromatic carbocycles. The summed E-state index contributed by atoms with van der Waals surface area (Å²) in [5, 5.41) is 3.30. The van der Waals surface area contributed by atoms with Crippen LogP contribution in [0.15, 0.2) is 18.2 Å². The highest BCUT2D eigenvalue weighted by molar-refractivity contribution is 6.31. The summed E-state index contributed by atoms with van der Waals surface area (Å²) in [5.74, 6) is -0.360. The number of nitrogens with one attached hydrogen (secondary N) is 1. The van der Waals surface area contributed by atoms with Gasteiger partial charge in [-0.25, -0.2) is 4.39 Å². The van der Waals surface area contributed by atoms with Crippen LogP contribution in [0.3, 0.4) is 0 Å². The van der Waals surface area contributed by atoms with E-state index in [4.69, 9.17) is 11.6 Å². The first kappa shape index (κ1) is 11.3. The third-order valence-electron chi connectivity index (χ3n) is 2.30. The molecule has 1 aromatic rings. The molecule has 0 aliphatic heterocycles. The molecule has 0 aliphatic carbocycles. The molecule has 0 saturated heterocycles. The lowest BCUT2D eigenvalue weighted by Gasteiger charge is -2.16. The van der Waals surface area contributed by atoms with Crippen LogP contribution in [0.1, 0.15) is 26.7 Å². The standard InChI is InChI=1S/C11H15ClFN/c1-3-8(4-2)14-10-7-5-6-9(12)11(10)13/h5-8,14H,3-4H2,1-2H3. The molecule has 0 aliphatic rings. The zero-order valence-electron chi connectivity index (χ0n) is 8.48. The van der Waals surface area contributed by atoms with Crippen LogP contribution in [-0.2, 0) is 0 Å². The van der Waals surface area contributed by atoms with E-state index in [1.165, 1.54) is 0 Å². The van der Waals surface area contributed by atoms with Gasteiger partial charge in [0.15, 0.2) is 5.82 Å². The van der Waals surface area contributed by atoms with Gasteiger partial charge in [-0.05, 0) is 25.0 Å². The Morgan fingerprint density at radius 1 is 1.36 bits per heavy atom. The summed E-state index contributed by atoms with van der Waals surface area (Å²) in [6.07, 6.45) is 1.95. The van der Waals surface area contributed by atoms with Crippen molar-refractivity contribution in [1.29, 1.82) is 0 Å². The number of hydrogen-bond donors (Lipinski definition) is 1. The molecule has 0 radical (unpaired) electrons. The molecule has 1 rings (SSSR count). The van der Waals surface area contributed by atoms with E-state index in [2.05, 4.69) is 19.2 Å². The second-order valence-electron chi connectivity index (χ2n) is 3.26. The molecular formula is C11H15ClFN. The van der Waals surface area contributed by atoms with E-state index in [-0.39, 0.29) is 10.8 Å². The zero-order chi connectivity index (χ0) is 10.6. The highest BCUT2D eigenvalue weighted by atomic mass is 35.5. The van der Waals surface area contributed by atoms with E-state index in [1.54, 1.807) is 18.2 Å². The Kier molecular flexibility index (Phi) is 4.21. The number of hydrogen-bond acceptors (Lipinski definition) is 1. The van der Waals surface area contributed by atoms with Crippen LogP contribution in [0.4, 0.5) is 10.1 Å². The molecule has 0 atom stereocenters. The molecular weight excluding hydrogens is 201 g/mol. The fourth-order valence-corrected chi connectivity index (χ4v) is 1.50. The van der Waals surface area contributed by atoms with Gasteiger partial charge in [-0.3, -0.25) is 0 Å². The normalized spacial score (nSPS) is 10.6. The maximum absolute atomic E-state index is 13.4. The maximum Gasteiger partial charge on any atom is 0.164 e. The van der Waals surface area contributed by atoms with Gasteiger partial charge in [-0.15, -0.1) is 0 Å². The fourth-order valence-electron chi connectivity index (χ4n) is 1.33. The van der Waals surface area contributed by atoms with Crippen LogP contribution in [0, 0.1) is 5.82 Å². The number of anilines is 1. The van der Waals surface area contributed by atoms with Gasteiger partial charge in [0, 0.05) is 6.04 Å². The van der Waals surface area contributed by atoms with Crippen LogP contribution in [0.2, 0.25) is 5.02 Å². The second kappa shape index (κ2) is 5.20. The third kappa shape index (κ3) is 2.61. The first-order valence-electron chi connectivity index (χ1n) is 4.89. The molecule has 0 aromatic heterocycles. The van der Waals surface area contributed by atoms with E-state index >= 15 is 0 Å². The highest BCUT2D eigenvalue weighted by Gasteiger charge is 2.09. The van der Waals surface area contributed by atoms with Gasteiger partial charge in [0.2, 0.25) is 0 Å². The predicted molar refractivity (Wildman–Crippen MR) is 59.4 cm³/mol. The predicted octanol–water partition coefficient (Wildman–Crippen LogP) is 4.08. The molecule has 0 amide bonds. The van der Waals surface area contributed by atoms with E-state index < -0.39 is 0 Å². The first-order chi connectivity index (χ1) is 6.69. The number of halogens is 2. The van der Waals surface area contributed by atoms with Crippen LogP contribution in [0.5, 0.6) is 0 Å². The summed E-state index contributed by atoms with van der Waals surface area (Å²) in [6, 6.07) is 5.31. The van der Waals surface area contributed by atoms with Gasteiger partial charge in [-0.1, -0.05) is 31.5 Å². The first-order valence-corrected chi connectivity index (χ1v) is 5.27. The van der Waals surface area contributed by atoms with Crippen LogP contribution >= 0.6 is 11.6 Å². The molecule has 0 spiro atoms. The topological polar surface area (TPSA) is 12.0 Å². The van der Waals surface area contributed by atoms with Crippen molar-refractivity contribution in [1.82, 2.24) is 0 Å². The number of rotatable bonds is 4. The minimum absolute atomic E-state index is 0.168. The average molecular weight is 216 g/mol. The maximum atomic E-state index is 13.4. The molecule has 78 valence electrons. The van der Waals surface area contributed by atoms with Crippen molar-refractivity contribution < 1.29 is 4.39 Å². The molecule has 1 nitrogen and oxygen atoms in total. The fraction of sp³-hybridized carbons (Fsp3) is 0.455. The van der Waals surface area contributed by atoms with Crippen molar-refractivity contribution in [3.63, 3.8) is 0 Å². The molecule has 0 saturated carbocycles. The average Bonchev–Trinajstić information content (AvgIpc) is 2.20. The van der Waals surface area contributed by atoms with Gasteiger partial charge < -0.3 is 5.32 Å². The van der Waals surface area contributed by atoms with Crippen molar-refractivity contribution in [2.45, 2.75) is 32.7 Å². The smallest absolute Gasteiger partial charge is 0.164 e. The molecule has 14 heavy (non-hydrogen) atoms. The van der Waals surface area contributed by atoms with Crippen molar-refractivity contribution in [2.75, 3.05) is 5.32 Å². The van der Waals surface area contributed by atoms with Crippen LogP contribution < -0.4 is 5.32 Å². The highest BCUT2D eigenvalue weighted by Crippen LogP contribution is 2.23. The van der Waals surface area contributed by atoms with Crippen molar-refractivity contribution in [3.8, 4) is 0 Å². The Balaban J connectivity index is 2.80. The Morgan fingerprint density at radius 2 is 2.00 bits per heavy atom. The minimum atomic E-state index is -0.360. The second-order valence-corrected chi connectivity index (χ2v) is 3.67. The van der Waals surface area contributed by atoms with Crippen LogP contribution in [-0.4, -0.2) is 6.04 Å². The van der Waals surface area contributed by atoms with Crippen molar-refractivity contribution in [3.05, 3.63) is 29.0 Å². The van der Waals surface area contributed by atoms with Gasteiger partial charge in [0.05, 0.1) is 10.7 Å². The molecule has 0 bridgehead atoms.